The summed E-state index contributed by atoms with van der Waals surface area (Å²) < 4.78 is 0. The summed E-state index contributed by atoms with van der Waals surface area (Å²) in [6.45, 7) is 23.4. The molecule has 0 aliphatic carbocycles. The third-order valence-electron chi connectivity index (χ3n) is 14.3. The van der Waals surface area contributed by atoms with Gasteiger partial charge in [-0.3, -0.25) is 9.80 Å². The maximum Gasteiger partial charge on any atom is 0.151 e. The van der Waals surface area contributed by atoms with Gasteiger partial charge in [-0.1, -0.05) is 227 Å². The number of rotatable bonds is 49. The Morgan fingerprint density at radius 1 is 0.410 bits per heavy atom. The van der Waals surface area contributed by atoms with Crippen molar-refractivity contribution in [2.24, 2.45) is 5.92 Å². The van der Waals surface area contributed by atoms with Crippen molar-refractivity contribution >= 4 is 6.29 Å². The summed E-state index contributed by atoms with van der Waals surface area (Å²) >= 11 is 0. The van der Waals surface area contributed by atoms with Crippen LogP contribution in [0.3, 0.4) is 0 Å². The van der Waals surface area contributed by atoms with Gasteiger partial charge < -0.3 is 14.6 Å². The van der Waals surface area contributed by atoms with Crippen LogP contribution in [-0.4, -0.2) is 97.5 Å². The standard InChI is InChI=1S/C56H114N4O/c1-6-11-16-21-26-31-36-44-57(45-37-32-27-22-17-12-7-2)50-43-55-42-41-49-60(53-55)56(54-61)59(48-40-35-30-25-20-15-10-5)52-51-58(46-38-33-28-23-18-13-8-3)47-39-34-29-24-19-14-9-4/h54-56H,6-53H2,1-5H3/t55-,56?/m1/s1. The highest BCUT2D eigenvalue weighted by atomic mass is 16.1. The van der Waals surface area contributed by atoms with Gasteiger partial charge >= 0.3 is 0 Å². The molecule has 5 heteroatoms. The van der Waals surface area contributed by atoms with Crippen molar-refractivity contribution in [1.29, 1.82) is 0 Å². The van der Waals surface area contributed by atoms with Crippen molar-refractivity contribution in [3.63, 3.8) is 0 Å². The Morgan fingerprint density at radius 3 is 1.10 bits per heavy atom. The molecule has 1 heterocycles. The number of piperidine rings is 1. The first-order chi connectivity index (χ1) is 30.1. The smallest absolute Gasteiger partial charge is 0.151 e. The fourth-order valence-electron chi connectivity index (χ4n) is 10.1. The number of likely N-dealkylation sites (tertiary alicyclic amines) is 1. The van der Waals surface area contributed by atoms with E-state index in [2.05, 4.69) is 54.2 Å². The number of hydrogen-bond acceptors (Lipinski definition) is 5. The lowest BCUT2D eigenvalue weighted by Crippen LogP contribution is -2.54. The fourth-order valence-corrected chi connectivity index (χ4v) is 10.1. The molecule has 0 amide bonds. The number of carbonyl (C=O) groups excluding carboxylic acids is 1. The number of hydrogen-bond donors (Lipinski definition) is 0. The minimum atomic E-state index is -0.0570. The van der Waals surface area contributed by atoms with Crippen LogP contribution in [0.1, 0.15) is 279 Å². The van der Waals surface area contributed by atoms with Crippen molar-refractivity contribution in [1.82, 2.24) is 19.6 Å². The van der Waals surface area contributed by atoms with E-state index >= 15 is 0 Å². The molecular weight excluding hydrogens is 745 g/mol. The predicted molar refractivity (Wildman–Crippen MR) is 273 cm³/mol. The van der Waals surface area contributed by atoms with Crippen LogP contribution >= 0.6 is 0 Å². The highest BCUT2D eigenvalue weighted by Gasteiger charge is 2.30. The highest BCUT2D eigenvalue weighted by Crippen LogP contribution is 2.24. The second-order valence-corrected chi connectivity index (χ2v) is 20.2. The van der Waals surface area contributed by atoms with E-state index < -0.39 is 0 Å². The second kappa shape index (κ2) is 46.1. The van der Waals surface area contributed by atoms with Gasteiger partial charge in [0.2, 0.25) is 0 Å². The normalized spacial score (nSPS) is 15.5. The monoisotopic (exact) mass is 859 g/mol. The summed E-state index contributed by atoms with van der Waals surface area (Å²) in [4.78, 5) is 24.2. The van der Waals surface area contributed by atoms with Crippen molar-refractivity contribution < 1.29 is 4.79 Å². The molecule has 0 aromatic heterocycles. The van der Waals surface area contributed by atoms with Crippen molar-refractivity contribution in [3.05, 3.63) is 0 Å². The molecule has 0 saturated carbocycles. The fraction of sp³-hybridized carbons (Fsp3) is 0.982. The Bertz CT molecular complexity index is 834. The molecule has 364 valence electrons. The summed E-state index contributed by atoms with van der Waals surface area (Å²) in [5.41, 5.74) is 0. The van der Waals surface area contributed by atoms with Crippen molar-refractivity contribution in [2.75, 3.05) is 65.4 Å². The molecule has 0 radical (unpaired) electrons. The lowest BCUT2D eigenvalue weighted by Gasteiger charge is -2.42. The quantitative estimate of drug-likeness (QED) is 0.0449. The Morgan fingerprint density at radius 2 is 0.738 bits per heavy atom. The Labute approximate surface area is 385 Å². The van der Waals surface area contributed by atoms with Gasteiger partial charge in [-0.15, -0.1) is 0 Å². The van der Waals surface area contributed by atoms with Gasteiger partial charge in [-0.25, -0.2) is 0 Å². The van der Waals surface area contributed by atoms with Crippen LogP contribution in [0.2, 0.25) is 0 Å². The minimum absolute atomic E-state index is 0.0570. The molecule has 5 nitrogen and oxygen atoms in total. The molecule has 0 spiro atoms. The van der Waals surface area contributed by atoms with Gasteiger partial charge in [0.1, 0.15) is 6.17 Å². The highest BCUT2D eigenvalue weighted by molar-refractivity contribution is 5.57. The average molecular weight is 860 g/mol. The molecule has 61 heavy (non-hydrogen) atoms. The SMILES string of the molecule is CCCCCCCCCN(CCCCCCCCC)CC[C@H]1CCCN(C(C=O)N(CCCCCCCCC)CCN(CCCCCCCCC)CCCCCCCCC)C1. The van der Waals surface area contributed by atoms with Gasteiger partial charge in [0.15, 0.2) is 6.29 Å². The first-order valence-electron chi connectivity index (χ1n) is 28.5. The largest absolute Gasteiger partial charge is 0.303 e. The molecule has 1 fully saturated rings. The van der Waals surface area contributed by atoms with E-state index in [9.17, 15) is 4.79 Å². The zero-order valence-electron chi connectivity index (χ0n) is 42.9. The first-order valence-corrected chi connectivity index (χ1v) is 28.5. The lowest BCUT2D eigenvalue weighted by molar-refractivity contribution is -0.120. The molecule has 1 aliphatic rings. The summed E-state index contributed by atoms with van der Waals surface area (Å²) in [5, 5.41) is 0. The van der Waals surface area contributed by atoms with Gasteiger partial charge in [-0.05, 0) is 90.0 Å². The maximum absolute atomic E-state index is 13.3. The molecule has 1 aliphatic heterocycles. The van der Waals surface area contributed by atoms with Crippen LogP contribution in [0.5, 0.6) is 0 Å². The lowest BCUT2D eigenvalue weighted by atomic mass is 9.94. The molecular formula is C56H114N4O. The van der Waals surface area contributed by atoms with E-state index in [4.69, 9.17) is 0 Å². The zero-order chi connectivity index (χ0) is 44.1. The zero-order valence-corrected chi connectivity index (χ0v) is 42.9. The molecule has 2 atom stereocenters. The summed E-state index contributed by atoms with van der Waals surface area (Å²) in [6, 6.07) is 0. The topological polar surface area (TPSA) is 30.0 Å². The Kier molecular flexibility index (Phi) is 44.2. The van der Waals surface area contributed by atoms with Crippen LogP contribution in [0.4, 0.5) is 0 Å². The third kappa shape index (κ3) is 35.5. The summed E-state index contributed by atoms with van der Waals surface area (Å²) in [7, 11) is 0. The third-order valence-corrected chi connectivity index (χ3v) is 14.3. The van der Waals surface area contributed by atoms with Gasteiger partial charge in [0.25, 0.3) is 0 Å². The molecule has 1 saturated heterocycles. The van der Waals surface area contributed by atoms with Crippen LogP contribution in [0.15, 0.2) is 0 Å². The van der Waals surface area contributed by atoms with Crippen LogP contribution in [0.25, 0.3) is 0 Å². The van der Waals surface area contributed by atoms with E-state index in [1.54, 1.807) is 0 Å². The maximum atomic E-state index is 13.3. The molecule has 1 rings (SSSR count). The molecule has 0 aromatic carbocycles. The number of carbonyl (C=O) groups is 1. The molecule has 0 N–H and O–H groups in total. The van der Waals surface area contributed by atoms with Crippen LogP contribution < -0.4 is 0 Å². The predicted octanol–water partition coefficient (Wildman–Crippen LogP) is 16.3. The van der Waals surface area contributed by atoms with E-state index in [0.29, 0.717) is 5.92 Å². The summed E-state index contributed by atoms with van der Waals surface area (Å²) in [6.07, 6.45) is 53.4. The number of unbranched alkanes of at least 4 members (excludes halogenated alkanes) is 30. The first kappa shape index (κ1) is 58.5. The van der Waals surface area contributed by atoms with Crippen LogP contribution in [0, 0.1) is 5.92 Å². The molecule has 0 bridgehead atoms. The number of aldehydes is 1. The Hall–Kier alpha value is -0.490. The van der Waals surface area contributed by atoms with Crippen LogP contribution in [-0.2, 0) is 4.79 Å². The van der Waals surface area contributed by atoms with Crippen molar-refractivity contribution in [2.45, 2.75) is 285 Å². The molecule has 0 aromatic rings. The van der Waals surface area contributed by atoms with Gasteiger partial charge in [-0.2, -0.15) is 0 Å². The summed E-state index contributed by atoms with van der Waals surface area (Å²) in [5.74, 6) is 0.716. The van der Waals surface area contributed by atoms with Gasteiger partial charge in [0.05, 0.1) is 0 Å². The average Bonchev–Trinajstić information content (AvgIpc) is 3.27. The van der Waals surface area contributed by atoms with E-state index in [1.807, 2.05) is 0 Å². The van der Waals surface area contributed by atoms with Gasteiger partial charge in [0, 0.05) is 32.7 Å². The van der Waals surface area contributed by atoms with E-state index in [0.717, 1.165) is 32.7 Å². The second-order valence-electron chi connectivity index (χ2n) is 20.2. The van der Waals surface area contributed by atoms with E-state index in [1.165, 1.54) is 283 Å². The molecule has 1 unspecified atom stereocenters. The van der Waals surface area contributed by atoms with E-state index in [-0.39, 0.29) is 6.17 Å². The Balaban J connectivity index is 2.92. The number of nitrogens with zero attached hydrogens (tertiary/aromatic N) is 4. The minimum Gasteiger partial charge on any atom is -0.303 e. The van der Waals surface area contributed by atoms with Crippen molar-refractivity contribution in [3.8, 4) is 0 Å².